The fourth-order valence-corrected chi connectivity index (χ4v) is 4.19. The molecule has 2 unspecified atom stereocenters. The van der Waals surface area contributed by atoms with Crippen LogP contribution in [0.4, 0.5) is 0 Å². The minimum atomic E-state index is -0.179. The monoisotopic (exact) mass is 396 g/mol. The maximum Gasteiger partial charge on any atom is 0.224 e. The number of benzene rings is 1. The van der Waals surface area contributed by atoms with E-state index in [2.05, 4.69) is 10.6 Å². The minimum absolute atomic E-state index is 0.0314. The van der Waals surface area contributed by atoms with Crippen LogP contribution in [-0.4, -0.2) is 24.4 Å². The van der Waals surface area contributed by atoms with Gasteiger partial charge in [0.2, 0.25) is 11.8 Å². The van der Waals surface area contributed by atoms with Gasteiger partial charge in [-0.05, 0) is 43.4 Å². The lowest BCUT2D eigenvalue weighted by molar-refractivity contribution is -0.127. The summed E-state index contributed by atoms with van der Waals surface area (Å²) in [6.45, 7) is 0.508. The number of hydrogen-bond donors (Lipinski definition) is 2. The summed E-state index contributed by atoms with van der Waals surface area (Å²) in [7, 11) is 0. The Balaban J connectivity index is 1.38. The molecule has 2 aliphatic carbocycles. The summed E-state index contributed by atoms with van der Waals surface area (Å²) in [5.74, 6) is -0.312. The summed E-state index contributed by atoms with van der Waals surface area (Å²) < 4.78 is 0. The third-order valence-corrected chi connectivity index (χ3v) is 5.96. The van der Waals surface area contributed by atoms with Gasteiger partial charge >= 0.3 is 0 Å². The topological polar surface area (TPSA) is 58.2 Å². The van der Waals surface area contributed by atoms with Crippen molar-refractivity contribution >= 4 is 35.0 Å². The van der Waals surface area contributed by atoms with Crippen molar-refractivity contribution in [1.29, 1.82) is 0 Å². The van der Waals surface area contributed by atoms with Gasteiger partial charge in [0.25, 0.3) is 0 Å². The Morgan fingerprint density at radius 2 is 1.69 bits per heavy atom. The van der Waals surface area contributed by atoms with Gasteiger partial charge in [0.15, 0.2) is 0 Å². The largest absolute Gasteiger partial charge is 0.356 e. The number of rotatable bonds is 6. The third-order valence-electron chi connectivity index (χ3n) is 5.37. The van der Waals surface area contributed by atoms with E-state index in [0.29, 0.717) is 35.5 Å². The first-order valence-corrected chi connectivity index (χ1v) is 10.3. The number of halogens is 2. The molecule has 0 aromatic heterocycles. The molecule has 2 fully saturated rings. The first-order chi connectivity index (χ1) is 12.5. The third kappa shape index (κ3) is 5.37. The van der Waals surface area contributed by atoms with Crippen molar-refractivity contribution in [3.63, 3.8) is 0 Å². The Labute approximate surface area is 165 Å². The summed E-state index contributed by atoms with van der Waals surface area (Å²) in [5, 5.41) is 7.28. The average Bonchev–Trinajstić information content (AvgIpc) is 3.41. The standard InChI is InChI=1S/C20H26Cl2N2O2/c21-14-8-7-13(18(22)11-14)9-10-23-19(25)16-12-17(16)20(26)24-15-5-3-1-2-4-6-15/h7-8,11,15-17H,1-6,9-10,12H2,(H,23,25)(H,24,26). The van der Waals surface area contributed by atoms with Crippen molar-refractivity contribution in [2.75, 3.05) is 6.54 Å². The molecule has 1 aromatic carbocycles. The number of carbonyl (C=O) groups excluding carboxylic acids is 2. The maximum absolute atomic E-state index is 12.4. The minimum Gasteiger partial charge on any atom is -0.356 e. The Hall–Kier alpha value is -1.26. The summed E-state index contributed by atoms with van der Waals surface area (Å²) in [6, 6.07) is 5.66. The Morgan fingerprint density at radius 1 is 1.00 bits per heavy atom. The van der Waals surface area contributed by atoms with Crippen LogP contribution in [0.2, 0.25) is 10.0 Å². The van der Waals surface area contributed by atoms with Crippen LogP contribution in [0.15, 0.2) is 18.2 Å². The van der Waals surface area contributed by atoms with Crippen molar-refractivity contribution < 1.29 is 9.59 Å². The van der Waals surface area contributed by atoms with Crippen LogP contribution < -0.4 is 10.6 Å². The highest BCUT2D eigenvalue weighted by Gasteiger charge is 2.48. The molecule has 6 heteroatoms. The Bertz CT molecular complexity index is 657. The number of hydrogen-bond acceptors (Lipinski definition) is 2. The van der Waals surface area contributed by atoms with Gasteiger partial charge in [-0.3, -0.25) is 9.59 Å². The van der Waals surface area contributed by atoms with Gasteiger partial charge in [-0.2, -0.15) is 0 Å². The fraction of sp³-hybridized carbons (Fsp3) is 0.600. The highest BCUT2D eigenvalue weighted by molar-refractivity contribution is 6.35. The predicted octanol–water partition coefficient (Wildman–Crippen LogP) is 4.13. The molecule has 0 saturated heterocycles. The highest BCUT2D eigenvalue weighted by atomic mass is 35.5. The molecule has 0 spiro atoms. The van der Waals surface area contributed by atoms with E-state index >= 15 is 0 Å². The molecule has 3 rings (SSSR count). The quantitative estimate of drug-likeness (QED) is 0.710. The van der Waals surface area contributed by atoms with E-state index < -0.39 is 0 Å². The van der Waals surface area contributed by atoms with Crippen molar-refractivity contribution in [3.05, 3.63) is 33.8 Å². The summed E-state index contributed by atoms with van der Waals surface area (Å²) in [5.41, 5.74) is 0.954. The van der Waals surface area contributed by atoms with Gasteiger partial charge in [-0.1, -0.05) is 55.0 Å². The molecule has 0 aliphatic heterocycles. The SMILES string of the molecule is O=C(NCCc1ccc(Cl)cc1Cl)C1CC1C(=O)NC1CCCCCC1. The molecule has 1 aromatic rings. The van der Waals surface area contributed by atoms with Gasteiger partial charge in [-0.25, -0.2) is 0 Å². The van der Waals surface area contributed by atoms with Crippen molar-refractivity contribution in [2.45, 2.75) is 57.4 Å². The lowest BCUT2D eigenvalue weighted by Gasteiger charge is -2.16. The Kier molecular flexibility index (Phi) is 6.82. The fourth-order valence-electron chi connectivity index (χ4n) is 3.68. The predicted molar refractivity (Wildman–Crippen MR) is 104 cm³/mol. The molecule has 2 amide bonds. The van der Waals surface area contributed by atoms with E-state index in [-0.39, 0.29) is 23.7 Å². The van der Waals surface area contributed by atoms with Crippen LogP contribution in [0.25, 0.3) is 0 Å². The first kappa shape index (κ1) is 19.5. The Morgan fingerprint density at radius 3 is 2.38 bits per heavy atom. The number of nitrogens with one attached hydrogen (secondary N) is 2. The van der Waals surface area contributed by atoms with Gasteiger partial charge in [0, 0.05) is 22.6 Å². The smallest absolute Gasteiger partial charge is 0.224 e. The molecule has 0 bridgehead atoms. The van der Waals surface area contributed by atoms with Crippen LogP contribution in [0.3, 0.4) is 0 Å². The normalized spacial score (nSPS) is 23.2. The summed E-state index contributed by atoms with van der Waals surface area (Å²) in [4.78, 5) is 24.6. The summed E-state index contributed by atoms with van der Waals surface area (Å²) >= 11 is 12.0. The van der Waals surface area contributed by atoms with Crippen LogP contribution in [0, 0.1) is 11.8 Å². The van der Waals surface area contributed by atoms with E-state index in [4.69, 9.17) is 23.2 Å². The van der Waals surface area contributed by atoms with Gasteiger partial charge in [0.1, 0.15) is 0 Å². The second-order valence-electron chi connectivity index (χ2n) is 7.42. The van der Waals surface area contributed by atoms with E-state index in [1.807, 2.05) is 6.07 Å². The molecule has 26 heavy (non-hydrogen) atoms. The molecule has 0 radical (unpaired) electrons. The second-order valence-corrected chi connectivity index (χ2v) is 8.27. The molecule has 2 atom stereocenters. The van der Waals surface area contributed by atoms with Gasteiger partial charge in [-0.15, -0.1) is 0 Å². The van der Waals surface area contributed by atoms with Crippen LogP contribution in [0.1, 0.15) is 50.5 Å². The van der Waals surface area contributed by atoms with Gasteiger partial charge < -0.3 is 10.6 Å². The lowest BCUT2D eigenvalue weighted by Crippen LogP contribution is -2.37. The van der Waals surface area contributed by atoms with Crippen molar-refractivity contribution in [1.82, 2.24) is 10.6 Å². The van der Waals surface area contributed by atoms with E-state index in [1.54, 1.807) is 12.1 Å². The van der Waals surface area contributed by atoms with Crippen LogP contribution in [0.5, 0.6) is 0 Å². The lowest BCUT2D eigenvalue weighted by atomic mass is 10.1. The molecule has 0 heterocycles. The zero-order valence-corrected chi connectivity index (χ0v) is 16.4. The first-order valence-electron chi connectivity index (χ1n) is 9.56. The molecule has 142 valence electrons. The zero-order valence-electron chi connectivity index (χ0n) is 14.9. The average molecular weight is 397 g/mol. The summed E-state index contributed by atoms with van der Waals surface area (Å²) in [6.07, 6.45) is 8.34. The van der Waals surface area contributed by atoms with E-state index in [9.17, 15) is 9.59 Å². The van der Waals surface area contributed by atoms with Crippen LogP contribution in [-0.2, 0) is 16.0 Å². The van der Waals surface area contributed by atoms with E-state index in [0.717, 1.165) is 18.4 Å². The second kappa shape index (κ2) is 9.09. The van der Waals surface area contributed by atoms with Gasteiger partial charge in [0.05, 0.1) is 11.8 Å². The molecular formula is C20H26Cl2N2O2. The van der Waals surface area contributed by atoms with Crippen molar-refractivity contribution in [3.8, 4) is 0 Å². The molecule has 2 aliphatic rings. The molecule has 4 nitrogen and oxygen atoms in total. The number of carbonyl (C=O) groups is 2. The maximum atomic E-state index is 12.4. The number of amides is 2. The molecular weight excluding hydrogens is 371 g/mol. The van der Waals surface area contributed by atoms with Crippen molar-refractivity contribution in [2.24, 2.45) is 11.8 Å². The zero-order chi connectivity index (χ0) is 18.5. The van der Waals surface area contributed by atoms with Crippen LogP contribution >= 0.6 is 23.2 Å². The highest BCUT2D eigenvalue weighted by Crippen LogP contribution is 2.39. The van der Waals surface area contributed by atoms with E-state index in [1.165, 1.54) is 25.7 Å². The molecule has 2 N–H and O–H groups in total. The molecule has 2 saturated carbocycles.